The van der Waals surface area contributed by atoms with Crippen LogP contribution in [0.3, 0.4) is 0 Å². The van der Waals surface area contributed by atoms with E-state index in [1.165, 1.54) is 0 Å². The third-order valence-electron chi connectivity index (χ3n) is 3.03. The largest absolute Gasteiger partial charge is 0.409 e. The van der Waals surface area contributed by atoms with E-state index >= 15 is 0 Å². The number of amides is 1. The summed E-state index contributed by atoms with van der Waals surface area (Å²) in [7, 11) is 1.78. The minimum Gasteiger partial charge on any atom is -0.409 e. The quantitative estimate of drug-likeness (QED) is 0.341. The smallest absolute Gasteiger partial charge is 0.259 e. The maximum absolute atomic E-state index is 12.2. The van der Waals surface area contributed by atoms with Crippen LogP contribution in [-0.2, 0) is 13.5 Å². The van der Waals surface area contributed by atoms with Crippen molar-refractivity contribution in [1.29, 1.82) is 0 Å². The molecule has 0 saturated heterocycles. The van der Waals surface area contributed by atoms with Gasteiger partial charge in [0, 0.05) is 24.5 Å². The summed E-state index contributed by atoms with van der Waals surface area (Å²) in [4.78, 5) is 12.2. The second-order valence-corrected chi connectivity index (χ2v) is 4.53. The van der Waals surface area contributed by atoms with Crippen LogP contribution in [0, 0.1) is 0 Å². The first kappa shape index (κ1) is 14.6. The Bertz CT molecular complexity index is 673. The molecule has 0 aliphatic heterocycles. The Morgan fingerprint density at radius 1 is 1.43 bits per heavy atom. The SMILES string of the molecule is CCc1nn(C)cc1C(=O)Nc1ccc(/C(N)=N/O)cc1. The molecule has 1 amide bonds. The van der Waals surface area contributed by atoms with Gasteiger partial charge in [0.15, 0.2) is 5.84 Å². The summed E-state index contributed by atoms with van der Waals surface area (Å²) in [6, 6.07) is 6.70. The van der Waals surface area contributed by atoms with Crippen molar-refractivity contribution in [2.75, 3.05) is 5.32 Å². The second-order valence-electron chi connectivity index (χ2n) is 4.53. The van der Waals surface area contributed by atoms with Gasteiger partial charge in [-0.15, -0.1) is 0 Å². The lowest BCUT2D eigenvalue weighted by Gasteiger charge is -2.05. The van der Waals surface area contributed by atoms with Gasteiger partial charge in [-0.2, -0.15) is 5.10 Å². The van der Waals surface area contributed by atoms with Crippen LogP contribution in [0.25, 0.3) is 0 Å². The highest BCUT2D eigenvalue weighted by atomic mass is 16.4. The molecule has 110 valence electrons. The highest BCUT2D eigenvalue weighted by Crippen LogP contribution is 2.13. The zero-order valence-electron chi connectivity index (χ0n) is 11.9. The van der Waals surface area contributed by atoms with Crippen LogP contribution in [0.4, 0.5) is 5.69 Å². The number of amidine groups is 1. The molecule has 0 aliphatic rings. The van der Waals surface area contributed by atoms with Gasteiger partial charge in [0.25, 0.3) is 5.91 Å². The molecule has 4 N–H and O–H groups in total. The molecule has 0 spiro atoms. The molecule has 0 atom stereocenters. The van der Waals surface area contributed by atoms with Crippen LogP contribution in [0.15, 0.2) is 35.6 Å². The topological polar surface area (TPSA) is 106 Å². The van der Waals surface area contributed by atoms with Gasteiger partial charge in [0.2, 0.25) is 0 Å². The van der Waals surface area contributed by atoms with Crippen molar-refractivity contribution in [3.05, 3.63) is 47.3 Å². The lowest BCUT2D eigenvalue weighted by Crippen LogP contribution is -2.15. The van der Waals surface area contributed by atoms with Gasteiger partial charge in [-0.3, -0.25) is 9.48 Å². The minimum atomic E-state index is -0.212. The molecule has 7 heteroatoms. The van der Waals surface area contributed by atoms with E-state index in [2.05, 4.69) is 15.6 Å². The number of carbonyl (C=O) groups is 1. The molecule has 2 rings (SSSR count). The molecule has 0 aliphatic carbocycles. The van der Waals surface area contributed by atoms with Gasteiger partial charge in [-0.1, -0.05) is 12.1 Å². The number of hydrogen-bond donors (Lipinski definition) is 3. The Balaban J connectivity index is 2.16. The summed E-state index contributed by atoms with van der Waals surface area (Å²) in [5.41, 5.74) is 7.99. The standard InChI is InChI=1S/C14H17N5O2/c1-3-12-11(8-19(2)17-12)14(20)16-10-6-4-9(5-7-10)13(15)18-21/h4-8,21H,3H2,1-2H3,(H2,15,18)(H,16,20). The fourth-order valence-electron chi connectivity index (χ4n) is 1.97. The number of aromatic nitrogens is 2. The van der Waals surface area contributed by atoms with Crippen LogP contribution in [0.5, 0.6) is 0 Å². The van der Waals surface area contributed by atoms with Crippen molar-refractivity contribution >= 4 is 17.4 Å². The zero-order chi connectivity index (χ0) is 15.4. The molecule has 0 bridgehead atoms. The first-order valence-corrected chi connectivity index (χ1v) is 6.47. The number of nitrogens with zero attached hydrogens (tertiary/aromatic N) is 3. The van der Waals surface area contributed by atoms with Gasteiger partial charge in [-0.05, 0) is 30.7 Å². The van der Waals surface area contributed by atoms with E-state index in [9.17, 15) is 4.79 Å². The molecule has 1 aromatic carbocycles. The summed E-state index contributed by atoms with van der Waals surface area (Å²) >= 11 is 0. The van der Waals surface area contributed by atoms with Gasteiger partial charge in [-0.25, -0.2) is 0 Å². The fourth-order valence-corrected chi connectivity index (χ4v) is 1.97. The summed E-state index contributed by atoms with van der Waals surface area (Å²) < 4.78 is 1.62. The Kier molecular flexibility index (Phi) is 4.22. The predicted molar refractivity (Wildman–Crippen MR) is 79.5 cm³/mol. The highest BCUT2D eigenvalue weighted by molar-refractivity contribution is 6.05. The van der Waals surface area contributed by atoms with Crippen LogP contribution in [0.1, 0.15) is 28.5 Å². The van der Waals surface area contributed by atoms with Crippen LogP contribution in [0.2, 0.25) is 0 Å². The maximum Gasteiger partial charge on any atom is 0.259 e. The van der Waals surface area contributed by atoms with E-state index in [1.54, 1.807) is 42.2 Å². The molecule has 1 heterocycles. The van der Waals surface area contributed by atoms with E-state index in [0.29, 0.717) is 23.2 Å². The molecule has 21 heavy (non-hydrogen) atoms. The number of aryl methyl sites for hydroxylation is 2. The number of carbonyl (C=O) groups excluding carboxylic acids is 1. The molecular formula is C14H17N5O2. The van der Waals surface area contributed by atoms with E-state index in [0.717, 1.165) is 5.69 Å². The number of oxime groups is 1. The third-order valence-corrected chi connectivity index (χ3v) is 3.03. The van der Waals surface area contributed by atoms with E-state index in [1.807, 2.05) is 6.92 Å². The first-order valence-electron chi connectivity index (χ1n) is 6.47. The van der Waals surface area contributed by atoms with Crippen LogP contribution < -0.4 is 11.1 Å². The normalized spacial score (nSPS) is 11.4. The third kappa shape index (κ3) is 3.19. The van der Waals surface area contributed by atoms with Gasteiger partial charge in [0.1, 0.15) is 0 Å². The number of nitrogens with two attached hydrogens (primary N) is 1. The molecule has 2 aromatic rings. The van der Waals surface area contributed by atoms with Crippen molar-refractivity contribution in [3.8, 4) is 0 Å². The Morgan fingerprint density at radius 2 is 2.10 bits per heavy atom. The van der Waals surface area contributed by atoms with E-state index in [-0.39, 0.29) is 11.7 Å². The number of nitrogens with one attached hydrogen (secondary N) is 1. The van der Waals surface area contributed by atoms with Crippen molar-refractivity contribution in [2.24, 2.45) is 17.9 Å². The molecule has 0 radical (unpaired) electrons. The zero-order valence-corrected chi connectivity index (χ0v) is 11.9. The summed E-state index contributed by atoms with van der Waals surface area (Å²) in [6.45, 7) is 1.95. The van der Waals surface area contributed by atoms with Crippen molar-refractivity contribution in [1.82, 2.24) is 9.78 Å². The average molecular weight is 287 g/mol. The number of benzene rings is 1. The number of anilines is 1. The Morgan fingerprint density at radius 3 is 2.67 bits per heavy atom. The van der Waals surface area contributed by atoms with Crippen molar-refractivity contribution < 1.29 is 10.0 Å². The van der Waals surface area contributed by atoms with Crippen molar-refractivity contribution in [3.63, 3.8) is 0 Å². The molecule has 1 aromatic heterocycles. The lowest BCUT2D eigenvalue weighted by atomic mass is 10.1. The van der Waals surface area contributed by atoms with Crippen LogP contribution in [-0.4, -0.2) is 26.7 Å². The van der Waals surface area contributed by atoms with E-state index < -0.39 is 0 Å². The summed E-state index contributed by atoms with van der Waals surface area (Å²) in [6.07, 6.45) is 2.38. The van der Waals surface area contributed by atoms with Gasteiger partial charge < -0.3 is 16.3 Å². The van der Waals surface area contributed by atoms with Crippen molar-refractivity contribution in [2.45, 2.75) is 13.3 Å². The minimum absolute atomic E-state index is 0.0217. The number of hydrogen-bond acceptors (Lipinski definition) is 4. The molecule has 0 saturated carbocycles. The summed E-state index contributed by atoms with van der Waals surface area (Å²) in [5.74, 6) is -0.190. The van der Waals surface area contributed by atoms with Gasteiger partial charge >= 0.3 is 0 Å². The van der Waals surface area contributed by atoms with Gasteiger partial charge in [0.05, 0.1) is 11.3 Å². The second kappa shape index (κ2) is 6.08. The Hall–Kier alpha value is -2.83. The molecule has 0 fully saturated rings. The predicted octanol–water partition coefficient (Wildman–Crippen LogP) is 1.33. The first-order chi connectivity index (χ1) is 10.0. The lowest BCUT2D eigenvalue weighted by molar-refractivity contribution is 0.102. The monoisotopic (exact) mass is 287 g/mol. The highest BCUT2D eigenvalue weighted by Gasteiger charge is 2.14. The molecule has 7 nitrogen and oxygen atoms in total. The fraction of sp³-hybridized carbons (Fsp3) is 0.214. The Labute approximate surface area is 122 Å². The number of rotatable bonds is 4. The summed E-state index contributed by atoms with van der Waals surface area (Å²) in [5, 5.41) is 18.5. The molecule has 0 unspecified atom stereocenters. The maximum atomic E-state index is 12.2. The average Bonchev–Trinajstić information content (AvgIpc) is 2.88. The van der Waals surface area contributed by atoms with E-state index in [4.69, 9.17) is 10.9 Å². The molecular weight excluding hydrogens is 270 g/mol. The van der Waals surface area contributed by atoms with Crippen LogP contribution >= 0.6 is 0 Å².